The van der Waals surface area contributed by atoms with Crippen LogP contribution in [0.2, 0.25) is 0 Å². The van der Waals surface area contributed by atoms with E-state index in [0.717, 1.165) is 12.8 Å². The van der Waals surface area contributed by atoms with Gasteiger partial charge in [0.1, 0.15) is 0 Å². The molecule has 1 N–H and O–H groups in total. The molecular weight excluding hydrogens is 170 g/mol. The molecule has 1 aliphatic heterocycles. The van der Waals surface area contributed by atoms with E-state index in [4.69, 9.17) is 9.84 Å². The zero-order valence-electron chi connectivity index (χ0n) is 7.82. The van der Waals surface area contributed by atoms with E-state index in [1.807, 2.05) is 0 Å². The molecule has 0 spiro atoms. The predicted octanol–water partition coefficient (Wildman–Crippen LogP) is 1.02. The molecule has 13 heavy (non-hydrogen) atoms. The summed E-state index contributed by atoms with van der Waals surface area (Å²) in [6.07, 6.45) is 1.36. The van der Waals surface area contributed by atoms with Crippen LogP contribution in [0.4, 0.5) is 4.79 Å². The topological polar surface area (TPSA) is 49.8 Å². The van der Waals surface area contributed by atoms with Crippen LogP contribution >= 0.6 is 0 Å². The molecular formula is C9H15NO3. The highest BCUT2D eigenvalue weighted by atomic mass is 16.5. The van der Waals surface area contributed by atoms with Crippen LogP contribution < -0.4 is 0 Å². The fourth-order valence-corrected chi connectivity index (χ4v) is 2.48. The summed E-state index contributed by atoms with van der Waals surface area (Å²) in [6.45, 7) is 2.08. The second-order valence-electron chi connectivity index (χ2n) is 4.19. The summed E-state index contributed by atoms with van der Waals surface area (Å²) in [4.78, 5) is 12.3. The Morgan fingerprint density at radius 3 is 3.15 bits per heavy atom. The van der Waals surface area contributed by atoms with Crippen LogP contribution in [0.5, 0.6) is 0 Å². The van der Waals surface area contributed by atoms with E-state index < -0.39 is 6.09 Å². The molecule has 1 aliphatic carbocycles. The van der Waals surface area contributed by atoms with Crippen LogP contribution in [0.3, 0.4) is 0 Å². The van der Waals surface area contributed by atoms with Crippen molar-refractivity contribution in [1.29, 1.82) is 0 Å². The molecule has 2 fully saturated rings. The second kappa shape index (κ2) is 2.87. The molecule has 4 nitrogen and oxygen atoms in total. The van der Waals surface area contributed by atoms with E-state index in [9.17, 15) is 4.79 Å². The van der Waals surface area contributed by atoms with E-state index in [1.165, 1.54) is 4.90 Å². The third-order valence-electron chi connectivity index (χ3n) is 3.31. The highest BCUT2D eigenvalue weighted by molar-refractivity contribution is 5.65. The number of nitrogens with zero attached hydrogens (tertiary/aromatic N) is 1. The Kier molecular flexibility index (Phi) is 1.95. The number of likely N-dealkylation sites (tertiary alicyclic amines) is 1. The largest absolute Gasteiger partial charge is 0.465 e. The predicted molar refractivity (Wildman–Crippen MR) is 46.6 cm³/mol. The minimum Gasteiger partial charge on any atom is -0.465 e. The molecule has 2 aliphatic rings. The lowest BCUT2D eigenvalue weighted by molar-refractivity contribution is 0.0721. The molecule has 1 amide bonds. The number of hydrogen-bond donors (Lipinski definition) is 1. The number of methoxy groups -OCH3 is 1. The normalized spacial score (nSPS) is 37.0. The van der Waals surface area contributed by atoms with Gasteiger partial charge in [-0.15, -0.1) is 0 Å². The number of piperidine rings is 1. The summed E-state index contributed by atoms with van der Waals surface area (Å²) in [6, 6.07) is 0. The summed E-state index contributed by atoms with van der Waals surface area (Å²) in [5.74, 6) is 0.711. The monoisotopic (exact) mass is 185 g/mol. The van der Waals surface area contributed by atoms with Crippen LogP contribution in [-0.4, -0.2) is 42.9 Å². The zero-order chi connectivity index (χ0) is 9.47. The van der Waals surface area contributed by atoms with Gasteiger partial charge in [-0.1, -0.05) is 0 Å². The van der Waals surface area contributed by atoms with Crippen molar-refractivity contribution in [2.24, 2.45) is 11.3 Å². The van der Waals surface area contributed by atoms with Gasteiger partial charge in [-0.2, -0.15) is 0 Å². The molecule has 1 saturated carbocycles. The number of amides is 1. The number of carboxylic acid groups (broad SMARTS) is 1. The first-order chi connectivity index (χ1) is 6.18. The Balaban J connectivity index is 1.98. The lowest BCUT2D eigenvalue weighted by Gasteiger charge is -2.30. The van der Waals surface area contributed by atoms with Crippen molar-refractivity contribution in [3.05, 3.63) is 0 Å². The van der Waals surface area contributed by atoms with Crippen molar-refractivity contribution in [3.63, 3.8) is 0 Å². The smallest absolute Gasteiger partial charge is 0.407 e. The van der Waals surface area contributed by atoms with E-state index >= 15 is 0 Å². The van der Waals surface area contributed by atoms with Gasteiger partial charge >= 0.3 is 6.09 Å². The van der Waals surface area contributed by atoms with Gasteiger partial charge in [-0.25, -0.2) is 4.79 Å². The van der Waals surface area contributed by atoms with Gasteiger partial charge in [-0.05, 0) is 18.8 Å². The summed E-state index contributed by atoms with van der Waals surface area (Å²) >= 11 is 0. The van der Waals surface area contributed by atoms with Crippen LogP contribution in [0, 0.1) is 11.3 Å². The molecule has 2 atom stereocenters. The van der Waals surface area contributed by atoms with Gasteiger partial charge in [-0.3, -0.25) is 0 Å². The standard InChI is InChI=1S/C9H15NO3/c1-13-6-9-4-7(9)2-3-10(5-9)8(11)12/h7H,2-6H2,1H3,(H,11,12). The molecule has 0 aromatic carbocycles. The summed E-state index contributed by atoms with van der Waals surface area (Å²) in [5, 5.41) is 8.84. The third kappa shape index (κ3) is 1.39. The quantitative estimate of drug-likeness (QED) is 0.698. The molecule has 0 aromatic rings. The van der Waals surface area contributed by atoms with Crippen molar-refractivity contribution in [2.75, 3.05) is 26.8 Å². The lowest BCUT2D eigenvalue weighted by Crippen LogP contribution is -2.41. The molecule has 0 aromatic heterocycles. The average molecular weight is 185 g/mol. The zero-order valence-corrected chi connectivity index (χ0v) is 7.82. The summed E-state index contributed by atoms with van der Waals surface area (Å²) < 4.78 is 5.13. The molecule has 1 saturated heterocycles. The SMILES string of the molecule is COCC12CC1CCN(C(=O)O)C2. The first-order valence-electron chi connectivity index (χ1n) is 4.65. The van der Waals surface area contributed by atoms with Gasteiger partial charge < -0.3 is 14.7 Å². The molecule has 74 valence electrons. The molecule has 4 heteroatoms. The Hall–Kier alpha value is -0.770. The van der Waals surface area contributed by atoms with Crippen molar-refractivity contribution in [2.45, 2.75) is 12.8 Å². The maximum absolute atomic E-state index is 10.8. The average Bonchev–Trinajstić information content (AvgIpc) is 2.77. The van der Waals surface area contributed by atoms with E-state index in [0.29, 0.717) is 25.6 Å². The molecule has 0 bridgehead atoms. The van der Waals surface area contributed by atoms with Crippen molar-refractivity contribution in [1.82, 2.24) is 4.90 Å². The number of fused-ring (bicyclic) bond motifs is 1. The van der Waals surface area contributed by atoms with E-state index in [-0.39, 0.29) is 5.41 Å². The van der Waals surface area contributed by atoms with Crippen molar-refractivity contribution >= 4 is 6.09 Å². The first-order valence-corrected chi connectivity index (χ1v) is 4.65. The number of ether oxygens (including phenoxy) is 1. The highest BCUT2D eigenvalue weighted by Gasteiger charge is 2.57. The number of hydrogen-bond acceptors (Lipinski definition) is 2. The fourth-order valence-electron chi connectivity index (χ4n) is 2.48. The Labute approximate surface area is 77.5 Å². The Morgan fingerprint density at radius 2 is 2.54 bits per heavy atom. The number of rotatable bonds is 2. The van der Waals surface area contributed by atoms with Crippen molar-refractivity contribution < 1.29 is 14.6 Å². The highest BCUT2D eigenvalue weighted by Crippen LogP contribution is 2.57. The molecule has 2 unspecified atom stereocenters. The van der Waals surface area contributed by atoms with Crippen LogP contribution in [-0.2, 0) is 4.74 Å². The van der Waals surface area contributed by atoms with Gasteiger partial charge in [0.2, 0.25) is 0 Å². The minimum atomic E-state index is -0.791. The Bertz CT molecular complexity index is 231. The maximum atomic E-state index is 10.8. The lowest BCUT2D eigenvalue weighted by atomic mass is 9.98. The Morgan fingerprint density at radius 1 is 1.77 bits per heavy atom. The molecule has 2 rings (SSSR count). The number of carbonyl (C=O) groups is 1. The van der Waals surface area contributed by atoms with Crippen molar-refractivity contribution in [3.8, 4) is 0 Å². The van der Waals surface area contributed by atoms with Gasteiger partial charge in [0, 0.05) is 25.6 Å². The first kappa shape index (κ1) is 8.81. The molecule has 0 radical (unpaired) electrons. The fraction of sp³-hybridized carbons (Fsp3) is 0.889. The van der Waals surface area contributed by atoms with Gasteiger partial charge in [0.15, 0.2) is 0 Å². The second-order valence-corrected chi connectivity index (χ2v) is 4.19. The minimum absolute atomic E-state index is 0.172. The molecule has 1 heterocycles. The van der Waals surface area contributed by atoms with Crippen LogP contribution in [0.15, 0.2) is 0 Å². The maximum Gasteiger partial charge on any atom is 0.407 e. The van der Waals surface area contributed by atoms with Crippen LogP contribution in [0.25, 0.3) is 0 Å². The van der Waals surface area contributed by atoms with Crippen LogP contribution in [0.1, 0.15) is 12.8 Å². The van der Waals surface area contributed by atoms with Gasteiger partial charge in [0.05, 0.1) is 6.61 Å². The summed E-state index contributed by atoms with van der Waals surface area (Å²) in [7, 11) is 1.68. The van der Waals surface area contributed by atoms with Gasteiger partial charge in [0.25, 0.3) is 0 Å². The summed E-state index contributed by atoms with van der Waals surface area (Å²) in [5.41, 5.74) is 0.172. The van der Waals surface area contributed by atoms with E-state index in [1.54, 1.807) is 7.11 Å². The van der Waals surface area contributed by atoms with E-state index in [2.05, 4.69) is 0 Å². The third-order valence-corrected chi connectivity index (χ3v) is 3.31.